The molecule has 2 aliphatic heterocycles. The largest absolute Gasteiger partial charge is 0.363 e. The lowest BCUT2D eigenvalue weighted by molar-refractivity contribution is -0.179. The van der Waals surface area contributed by atoms with Crippen LogP contribution in [0.25, 0.3) is 0 Å². The zero-order valence-electron chi connectivity index (χ0n) is 24.2. The number of piperidine rings is 1. The van der Waals surface area contributed by atoms with Gasteiger partial charge in [0, 0.05) is 66.4 Å². The molecule has 0 saturated carbocycles. The Hall–Kier alpha value is -2.47. The van der Waals surface area contributed by atoms with Gasteiger partial charge >= 0.3 is 5.92 Å². The first-order valence-corrected chi connectivity index (χ1v) is 15.8. The van der Waals surface area contributed by atoms with Crippen LogP contribution in [-0.2, 0) is 29.2 Å². The number of carbonyl (C=O) groups is 1. The molecule has 1 atom stereocenters. The summed E-state index contributed by atoms with van der Waals surface area (Å²) in [6.07, 6.45) is 7.15. The number of aromatic nitrogens is 3. The molecule has 5 rings (SSSR count). The highest BCUT2D eigenvalue weighted by Crippen LogP contribution is 2.50. The molecule has 3 aromatic heterocycles. The molecule has 2 aliphatic rings. The van der Waals surface area contributed by atoms with Gasteiger partial charge in [0.2, 0.25) is 0 Å². The fraction of sp³-hybridized carbons (Fsp3) is 0.533. The van der Waals surface area contributed by atoms with Crippen molar-refractivity contribution in [2.45, 2.75) is 88.5 Å². The topological polar surface area (TPSA) is 80.2 Å². The fourth-order valence-corrected chi connectivity index (χ4v) is 7.65. The predicted octanol–water partition coefficient (Wildman–Crippen LogP) is 6.49. The first kappa shape index (κ1) is 30.0. The number of hydrogen-bond donors (Lipinski definition) is 1. The molecule has 1 amide bonds. The van der Waals surface area contributed by atoms with Crippen molar-refractivity contribution in [3.8, 4) is 0 Å². The molecule has 1 N–H and O–H groups in total. The number of hydrogen-bond acceptors (Lipinski definition) is 8. The number of amides is 1. The Morgan fingerprint density at radius 3 is 2.51 bits per heavy atom. The zero-order chi connectivity index (χ0) is 29.4. The van der Waals surface area contributed by atoms with Gasteiger partial charge in [0.25, 0.3) is 5.91 Å². The molecule has 1 saturated heterocycles. The summed E-state index contributed by atoms with van der Waals surface area (Å²) in [6, 6.07) is 6.01. The van der Waals surface area contributed by atoms with E-state index in [1.165, 1.54) is 29.3 Å². The maximum absolute atomic E-state index is 13.6. The molecule has 220 valence electrons. The SMILES string of the molecule is CCSc1ccc(CNC(=O)c2cc3c(s2)C2(CCN([C@H](C)c4cnc(C(C)(F)F)nc4)CC2)OC(C)(C)C3)nc1. The maximum atomic E-state index is 13.6. The molecule has 1 spiro atoms. The summed E-state index contributed by atoms with van der Waals surface area (Å²) in [7, 11) is 0. The van der Waals surface area contributed by atoms with E-state index in [1.807, 2.05) is 24.4 Å². The maximum Gasteiger partial charge on any atom is 0.303 e. The van der Waals surface area contributed by atoms with Crippen molar-refractivity contribution < 1.29 is 18.3 Å². The molecule has 0 radical (unpaired) electrons. The highest BCUT2D eigenvalue weighted by molar-refractivity contribution is 7.99. The minimum Gasteiger partial charge on any atom is -0.363 e. The number of thiophene rings is 1. The van der Waals surface area contributed by atoms with Crippen LogP contribution >= 0.6 is 23.1 Å². The number of fused-ring (bicyclic) bond motifs is 2. The van der Waals surface area contributed by atoms with Crippen LogP contribution in [0.5, 0.6) is 0 Å². The molecule has 5 heterocycles. The van der Waals surface area contributed by atoms with E-state index in [-0.39, 0.29) is 17.6 Å². The Labute approximate surface area is 248 Å². The van der Waals surface area contributed by atoms with E-state index in [1.54, 1.807) is 11.8 Å². The molecule has 0 aliphatic carbocycles. The molecule has 7 nitrogen and oxygen atoms in total. The number of nitrogens with zero attached hydrogens (tertiary/aromatic N) is 4. The average molecular weight is 602 g/mol. The number of thioether (sulfide) groups is 1. The van der Waals surface area contributed by atoms with Crippen molar-refractivity contribution in [3.05, 3.63) is 69.2 Å². The second-order valence-electron chi connectivity index (χ2n) is 11.5. The summed E-state index contributed by atoms with van der Waals surface area (Å²) in [5.74, 6) is -2.63. The van der Waals surface area contributed by atoms with Gasteiger partial charge in [-0.15, -0.1) is 23.1 Å². The number of alkyl halides is 2. The standard InChI is InChI=1S/C30H37F2N5O2S2/c1-6-40-23-8-7-22(33-18-23)17-34-26(38)24-13-20-14-28(3,4)39-30(25(20)41-24)9-11-37(12-10-30)19(2)21-15-35-27(36-16-21)29(5,31)32/h7-8,13,15-16,18-19H,6,9-12,14,17H2,1-5H3,(H,34,38)/t19-/m1/s1. The molecule has 0 bridgehead atoms. The average Bonchev–Trinajstić information content (AvgIpc) is 3.36. The first-order chi connectivity index (χ1) is 19.4. The lowest BCUT2D eigenvalue weighted by Crippen LogP contribution is -2.51. The second-order valence-corrected chi connectivity index (χ2v) is 13.9. The van der Waals surface area contributed by atoms with Gasteiger partial charge in [-0.3, -0.25) is 14.7 Å². The molecular weight excluding hydrogens is 564 g/mol. The van der Waals surface area contributed by atoms with Crippen molar-refractivity contribution in [1.82, 2.24) is 25.2 Å². The fourth-order valence-electron chi connectivity index (χ4n) is 5.75. The van der Waals surface area contributed by atoms with Crippen LogP contribution < -0.4 is 5.32 Å². The van der Waals surface area contributed by atoms with Crippen molar-refractivity contribution in [1.29, 1.82) is 0 Å². The Morgan fingerprint density at radius 2 is 1.90 bits per heavy atom. The van der Waals surface area contributed by atoms with Gasteiger partial charge in [0.15, 0.2) is 5.82 Å². The predicted molar refractivity (Wildman–Crippen MR) is 157 cm³/mol. The third kappa shape index (κ3) is 6.63. The number of nitrogens with one attached hydrogen (secondary N) is 1. The van der Waals surface area contributed by atoms with E-state index in [2.05, 4.69) is 52.9 Å². The molecular formula is C30H37F2N5O2S2. The van der Waals surface area contributed by atoms with Crippen molar-refractivity contribution >= 4 is 29.0 Å². The summed E-state index contributed by atoms with van der Waals surface area (Å²) in [4.78, 5) is 30.7. The summed E-state index contributed by atoms with van der Waals surface area (Å²) in [6.45, 7) is 11.1. The molecule has 0 unspecified atom stereocenters. The van der Waals surface area contributed by atoms with Crippen LogP contribution in [0.4, 0.5) is 8.78 Å². The van der Waals surface area contributed by atoms with E-state index in [4.69, 9.17) is 4.74 Å². The van der Waals surface area contributed by atoms with Crippen LogP contribution in [0, 0.1) is 0 Å². The van der Waals surface area contributed by atoms with Crippen LogP contribution in [0.3, 0.4) is 0 Å². The summed E-state index contributed by atoms with van der Waals surface area (Å²) in [5, 5.41) is 3.04. The Balaban J connectivity index is 1.27. The minimum absolute atomic E-state index is 0.0177. The van der Waals surface area contributed by atoms with Gasteiger partial charge in [-0.25, -0.2) is 9.97 Å². The quantitative estimate of drug-likeness (QED) is 0.296. The van der Waals surface area contributed by atoms with Gasteiger partial charge in [0.05, 0.1) is 22.7 Å². The van der Waals surface area contributed by atoms with E-state index < -0.39 is 17.3 Å². The normalized spacial score (nSPS) is 19.1. The smallest absolute Gasteiger partial charge is 0.303 e. The molecule has 41 heavy (non-hydrogen) atoms. The second kappa shape index (κ2) is 11.7. The van der Waals surface area contributed by atoms with Gasteiger partial charge in [-0.1, -0.05) is 6.92 Å². The number of carbonyl (C=O) groups excluding carboxylic acids is 1. The van der Waals surface area contributed by atoms with E-state index >= 15 is 0 Å². The molecule has 11 heteroatoms. The number of pyridine rings is 1. The lowest BCUT2D eigenvalue weighted by Gasteiger charge is -2.50. The van der Waals surface area contributed by atoms with Crippen molar-refractivity contribution in [2.24, 2.45) is 0 Å². The number of halogens is 2. The Kier molecular flexibility index (Phi) is 8.53. The monoisotopic (exact) mass is 601 g/mol. The third-order valence-corrected chi connectivity index (χ3v) is 10.00. The highest BCUT2D eigenvalue weighted by Gasteiger charge is 2.48. The minimum atomic E-state index is -3.06. The molecule has 0 aromatic carbocycles. The lowest BCUT2D eigenvalue weighted by atomic mass is 9.80. The van der Waals surface area contributed by atoms with Crippen LogP contribution in [0.2, 0.25) is 0 Å². The highest BCUT2D eigenvalue weighted by atomic mass is 32.2. The molecule has 3 aromatic rings. The van der Waals surface area contributed by atoms with E-state index in [0.29, 0.717) is 11.4 Å². The van der Waals surface area contributed by atoms with E-state index in [0.717, 1.165) is 66.1 Å². The van der Waals surface area contributed by atoms with Crippen molar-refractivity contribution in [2.75, 3.05) is 18.8 Å². The number of likely N-dealkylation sites (tertiary alicyclic amines) is 1. The summed E-state index contributed by atoms with van der Waals surface area (Å²) >= 11 is 3.27. The Morgan fingerprint density at radius 1 is 1.20 bits per heavy atom. The summed E-state index contributed by atoms with van der Waals surface area (Å²) < 4.78 is 33.9. The number of rotatable bonds is 8. The van der Waals surface area contributed by atoms with Gasteiger partial charge in [-0.2, -0.15) is 8.78 Å². The van der Waals surface area contributed by atoms with Crippen LogP contribution in [-0.4, -0.2) is 50.2 Å². The van der Waals surface area contributed by atoms with Gasteiger partial charge < -0.3 is 10.1 Å². The van der Waals surface area contributed by atoms with E-state index in [9.17, 15) is 13.6 Å². The Bertz CT molecular complexity index is 1370. The van der Waals surface area contributed by atoms with Crippen molar-refractivity contribution in [3.63, 3.8) is 0 Å². The van der Waals surface area contributed by atoms with Crippen LogP contribution in [0.15, 0.2) is 41.7 Å². The summed E-state index contributed by atoms with van der Waals surface area (Å²) in [5.41, 5.74) is 2.00. The first-order valence-electron chi connectivity index (χ1n) is 14.0. The van der Waals surface area contributed by atoms with Crippen LogP contribution in [0.1, 0.15) is 90.7 Å². The van der Waals surface area contributed by atoms with Gasteiger partial charge in [-0.05, 0) is 63.1 Å². The molecule has 1 fully saturated rings. The zero-order valence-corrected chi connectivity index (χ0v) is 25.8. The number of ether oxygens (including phenoxy) is 1. The van der Waals surface area contributed by atoms with Gasteiger partial charge in [0.1, 0.15) is 5.60 Å². The third-order valence-electron chi connectivity index (χ3n) is 7.77.